The summed E-state index contributed by atoms with van der Waals surface area (Å²) in [6, 6.07) is 0. The van der Waals surface area contributed by atoms with Crippen LogP contribution in [0.1, 0.15) is 90.9 Å². The van der Waals surface area contributed by atoms with Crippen LogP contribution in [0.15, 0.2) is 11.6 Å². The molecular formula is C30H44INO8. The van der Waals surface area contributed by atoms with E-state index in [0.29, 0.717) is 30.6 Å². The third kappa shape index (κ3) is 7.20. The quantitative estimate of drug-likeness (QED) is 0.0703. The second-order valence-electron chi connectivity index (χ2n) is 12.3. The first-order valence-corrected chi connectivity index (χ1v) is 16.3. The van der Waals surface area contributed by atoms with Gasteiger partial charge in [0.1, 0.15) is 12.8 Å². The predicted molar refractivity (Wildman–Crippen MR) is 155 cm³/mol. The number of ether oxygens (including phenoxy) is 4. The number of hydrogen-bond acceptors (Lipinski definition) is 9. The Labute approximate surface area is 251 Å². The van der Waals surface area contributed by atoms with Crippen LogP contribution in [0.25, 0.3) is 0 Å². The fraction of sp³-hybridized carbons (Fsp3) is 0.800. The molecule has 0 spiro atoms. The normalized spacial score (nSPS) is 32.7. The summed E-state index contributed by atoms with van der Waals surface area (Å²) in [6.45, 7) is 3.83. The molecule has 0 bridgehead atoms. The summed E-state index contributed by atoms with van der Waals surface area (Å²) in [7, 11) is 0. The van der Waals surface area contributed by atoms with Gasteiger partial charge in [0.15, 0.2) is 5.78 Å². The molecule has 0 aromatic carbocycles. The van der Waals surface area contributed by atoms with E-state index in [1.54, 1.807) is 0 Å². The van der Waals surface area contributed by atoms with E-state index in [1.165, 1.54) is 5.57 Å². The second-order valence-corrected chi connectivity index (χ2v) is 13.4. The van der Waals surface area contributed by atoms with Gasteiger partial charge in [0.2, 0.25) is 6.79 Å². The number of hydrogen-bond donors (Lipinski definition) is 1. The summed E-state index contributed by atoms with van der Waals surface area (Å²) >= 11 is 2.31. The van der Waals surface area contributed by atoms with Gasteiger partial charge >= 0.3 is 18.1 Å². The van der Waals surface area contributed by atoms with Gasteiger partial charge in [0.05, 0.1) is 6.54 Å². The Kier molecular flexibility index (Phi) is 10.9. The molecule has 0 amide bonds. The van der Waals surface area contributed by atoms with E-state index in [9.17, 15) is 19.2 Å². The minimum Gasteiger partial charge on any atom is -0.450 e. The van der Waals surface area contributed by atoms with Crippen molar-refractivity contribution >= 4 is 46.5 Å². The van der Waals surface area contributed by atoms with Crippen molar-refractivity contribution in [2.45, 2.75) is 97.0 Å². The molecule has 40 heavy (non-hydrogen) atoms. The van der Waals surface area contributed by atoms with Gasteiger partial charge in [-0.3, -0.25) is 19.7 Å². The van der Waals surface area contributed by atoms with Crippen LogP contribution >= 0.6 is 22.6 Å². The summed E-state index contributed by atoms with van der Waals surface area (Å²) in [5.41, 5.74) is 1.37. The molecule has 4 rings (SSSR count). The SMILES string of the molecule is C[C@]12CC[C@H]3[C@@H](CCC4=CC(=O)CC[C@@]43C)[C@@H]1CC[C@@H]2OC(=O)OCOC(=O)CNCOC(=O)CCCCCI. The van der Waals surface area contributed by atoms with E-state index in [1.807, 2.05) is 6.08 Å². The Morgan fingerprint density at radius 1 is 0.950 bits per heavy atom. The summed E-state index contributed by atoms with van der Waals surface area (Å²) < 4.78 is 21.9. The molecular weight excluding hydrogens is 629 g/mol. The highest BCUT2D eigenvalue weighted by atomic mass is 127. The van der Waals surface area contributed by atoms with Gasteiger partial charge in [-0.1, -0.05) is 48.4 Å². The number of carbonyl (C=O) groups is 4. The molecule has 3 fully saturated rings. The fourth-order valence-electron chi connectivity index (χ4n) is 7.95. The van der Waals surface area contributed by atoms with Gasteiger partial charge in [-0.25, -0.2) is 4.79 Å². The van der Waals surface area contributed by atoms with Crippen molar-refractivity contribution in [1.29, 1.82) is 0 Å². The number of ketones is 1. The zero-order valence-electron chi connectivity index (χ0n) is 23.8. The molecule has 224 valence electrons. The Morgan fingerprint density at radius 2 is 1.77 bits per heavy atom. The van der Waals surface area contributed by atoms with Crippen molar-refractivity contribution < 1.29 is 38.1 Å². The molecule has 9 nitrogen and oxygen atoms in total. The minimum atomic E-state index is -0.821. The third-order valence-electron chi connectivity index (χ3n) is 10.1. The average molecular weight is 674 g/mol. The lowest BCUT2D eigenvalue weighted by Crippen LogP contribution is -2.51. The molecule has 0 aliphatic heterocycles. The molecule has 1 N–H and O–H groups in total. The number of halogens is 1. The maximum absolute atomic E-state index is 12.5. The molecule has 10 heteroatoms. The monoisotopic (exact) mass is 673 g/mol. The summed E-state index contributed by atoms with van der Waals surface area (Å²) in [4.78, 5) is 48.0. The van der Waals surface area contributed by atoms with Crippen LogP contribution in [0, 0.1) is 28.6 Å². The second kappa shape index (κ2) is 14.0. The van der Waals surface area contributed by atoms with E-state index >= 15 is 0 Å². The minimum absolute atomic E-state index is 0.0821. The van der Waals surface area contributed by atoms with Crippen molar-refractivity contribution in [3.05, 3.63) is 11.6 Å². The third-order valence-corrected chi connectivity index (χ3v) is 10.9. The van der Waals surface area contributed by atoms with Gasteiger partial charge in [-0.15, -0.1) is 0 Å². The highest BCUT2D eigenvalue weighted by molar-refractivity contribution is 14.1. The molecule has 3 saturated carbocycles. The lowest BCUT2D eigenvalue weighted by atomic mass is 9.47. The summed E-state index contributed by atoms with van der Waals surface area (Å²) in [6.07, 6.45) is 11.7. The van der Waals surface area contributed by atoms with Gasteiger partial charge in [-0.05, 0) is 91.5 Å². The average Bonchev–Trinajstić information content (AvgIpc) is 3.25. The molecule has 4 aliphatic rings. The molecule has 0 aromatic heterocycles. The maximum atomic E-state index is 12.5. The van der Waals surface area contributed by atoms with E-state index in [0.717, 1.165) is 68.6 Å². The molecule has 0 aromatic rings. The predicted octanol–water partition coefficient (Wildman–Crippen LogP) is 5.63. The largest absolute Gasteiger partial charge is 0.511 e. The zero-order valence-corrected chi connectivity index (χ0v) is 26.0. The highest BCUT2D eigenvalue weighted by Crippen LogP contribution is 2.65. The molecule has 0 saturated heterocycles. The summed E-state index contributed by atoms with van der Waals surface area (Å²) in [5, 5.41) is 2.68. The number of fused-ring (bicyclic) bond motifs is 5. The number of allylic oxidation sites excluding steroid dienone is 1. The molecule has 6 atom stereocenters. The number of carbonyl (C=O) groups excluding carboxylic acids is 4. The Morgan fingerprint density at radius 3 is 2.58 bits per heavy atom. The van der Waals surface area contributed by atoms with E-state index in [2.05, 4.69) is 41.8 Å². The smallest absolute Gasteiger partial charge is 0.450 e. The number of esters is 2. The number of unbranched alkanes of at least 4 members (excludes halogenated alkanes) is 2. The first-order chi connectivity index (χ1) is 19.2. The first-order valence-electron chi connectivity index (χ1n) is 14.8. The van der Waals surface area contributed by atoms with Crippen LogP contribution in [-0.4, -0.2) is 54.5 Å². The van der Waals surface area contributed by atoms with Gasteiger partial charge in [-0.2, -0.15) is 0 Å². The van der Waals surface area contributed by atoms with Gasteiger partial charge in [0.25, 0.3) is 0 Å². The number of alkyl halides is 1. The molecule has 0 radical (unpaired) electrons. The van der Waals surface area contributed by atoms with E-state index < -0.39 is 18.9 Å². The van der Waals surface area contributed by atoms with Crippen LogP contribution in [-0.2, 0) is 33.3 Å². The van der Waals surface area contributed by atoms with Gasteiger partial charge < -0.3 is 18.9 Å². The van der Waals surface area contributed by atoms with Crippen LogP contribution in [0.5, 0.6) is 0 Å². The van der Waals surface area contributed by atoms with Crippen LogP contribution in [0.3, 0.4) is 0 Å². The topological polar surface area (TPSA) is 117 Å². The van der Waals surface area contributed by atoms with Crippen molar-refractivity contribution in [3.63, 3.8) is 0 Å². The fourth-order valence-corrected chi connectivity index (χ4v) is 8.49. The van der Waals surface area contributed by atoms with Crippen molar-refractivity contribution in [2.24, 2.45) is 28.6 Å². The zero-order chi connectivity index (χ0) is 28.8. The van der Waals surface area contributed by atoms with Crippen LogP contribution in [0.4, 0.5) is 4.79 Å². The number of rotatable bonds is 12. The van der Waals surface area contributed by atoms with Crippen molar-refractivity contribution in [1.82, 2.24) is 5.32 Å². The molecule has 0 heterocycles. The maximum Gasteiger partial charge on any atom is 0.511 e. The Bertz CT molecular complexity index is 985. The van der Waals surface area contributed by atoms with Gasteiger partial charge in [0, 0.05) is 18.3 Å². The lowest BCUT2D eigenvalue weighted by molar-refractivity contribution is -0.155. The summed E-state index contributed by atoms with van der Waals surface area (Å²) in [5.74, 6) is 0.977. The first kappa shape index (κ1) is 31.3. The van der Waals surface area contributed by atoms with Crippen LogP contribution in [0.2, 0.25) is 0 Å². The Balaban J connectivity index is 1.15. The highest BCUT2D eigenvalue weighted by Gasteiger charge is 2.60. The van der Waals surface area contributed by atoms with E-state index in [-0.39, 0.29) is 42.0 Å². The lowest BCUT2D eigenvalue weighted by Gasteiger charge is -2.57. The van der Waals surface area contributed by atoms with Crippen molar-refractivity contribution in [2.75, 3.05) is 24.5 Å². The van der Waals surface area contributed by atoms with Crippen LogP contribution < -0.4 is 5.32 Å². The molecule has 4 aliphatic carbocycles. The Hall–Kier alpha value is -1.69. The molecule has 0 unspecified atom stereocenters. The standard InChI is InChI=1S/C30H44INO8/c1-29-13-11-21(33)16-20(29)7-8-22-23-9-10-25(30(23,2)14-12-24(22)29)40-28(36)39-19-38-27(35)17-32-18-37-26(34)6-4-3-5-15-31/h16,22-25,32H,3-15,17-19H2,1-2H3/t22-,23-,24-,25-,29-,30-/m0/s1. The van der Waals surface area contributed by atoms with E-state index in [4.69, 9.17) is 18.9 Å². The number of nitrogens with one attached hydrogen (secondary N) is 1. The van der Waals surface area contributed by atoms with Crippen molar-refractivity contribution in [3.8, 4) is 0 Å².